The Balaban J connectivity index is 2.00. The zero-order valence-electron chi connectivity index (χ0n) is 13.0. The van der Waals surface area contributed by atoms with Crippen LogP contribution in [0.25, 0.3) is 0 Å². The van der Waals surface area contributed by atoms with Crippen molar-refractivity contribution in [3.8, 4) is 0 Å². The van der Waals surface area contributed by atoms with Gasteiger partial charge in [-0.1, -0.05) is 48.2 Å². The average Bonchev–Trinajstić information content (AvgIpc) is 2.80. The minimum absolute atomic E-state index is 0.381. The number of rotatable bonds is 1. The first-order chi connectivity index (χ1) is 10.7. The molecule has 0 bridgehead atoms. The quantitative estimate of drug-likeness (QED) is 0.395. The van der Waals surface area contributed by atoms with Crippen LogP contribution < -0.4 is 0 Å². The summed E-state index contributed by atoms with van der Waals surface area (Å²) in [6, 6.07) is 17.7. The van der Waals surface area contributed by atoms with Crippen LogP contribution in [0.15, 0.2) is 58.3 Å². The van der Waals surface area contributed by atoms with Crippen LogP contribution >= 0.6 is 23.1 Å². The monoisotopic (exact) mass is 322 g/mol. The Morgan fingerprint density at radius 2 is 1.27 bits per heavy atom. The van der Waals surface area contributed by atoms with Crippen LogP contribution in [0.3, 0.4) is 0 Å². The van der Waals surface area contributed by atoms with Crippen molar-refractivity contribution in [2.75, 3.05) is 0 Å². The molecule has 1 aliphatic heterocycles. The lowest BCUT2D eigenvalue weighted by molar-refractivity contribution is 0.912. The number of hydrogen-bond acceptors (Lipinski definition) is 2. The summed E-state index contributed by atoms with van der Waals surface area (Å²) in [7, 11) is 0. The third kappa shape index (κ3) is 2.05. The molecule has 0 nitrogen and oxygen atoms in total. The van der Waals surface area contributed by atoms with E-state index < -0.39 is 0 Å². The molecule has 1 aromatic heterocycles. The van der Waals surface area contributed by atoms with Gasteiger partial charge in [-0.25, -0.2) is 0 Å². The van der Waals surface area contributed by atoms with Crippen molar-refractivity contribution in [2.45, 2.75) is 36.5 Å². The largest absolute Gasteiger partial charge is 0.144 e. The molecule has 0 saturated carbocycles. The van der Waals surface area contributed by atoms with Crippen LogP contribution in [0, 0.1) is 20.8 Å². The van der Waals surface area contributed by atoms with Crippen LogP contribution in [0.5, 0.6) is 0 Å². The molecule has 0 atom stereocenters. The van der Waals surface area contributed by atoms with E-state index in [1.54, 1.807) is 0 Å². The molecule has 1 aliphatic rings. The molecule has 0 amide bonds. The molecule has 2 aromatic carbocycles. The molecule has 3 aromatic rings. The molecule has 0 aliphatic carbocycles. The fourth-order valence-corrected chi connectivity index (χ4v) is 5.69. The zero-order chi connectivity index (χ0) is 15.3. The van der Waals surface area contributed by atoms with Crippen molar-refractivity contribution in [3.05, 3.63) is 80.5 Å². The van der Waals surface area contributed by atoms with Crippen LogP contribution in [-0.2, 0) is 0 Å². The fraction of sp³-hybridized carbons (Fsp3) is 0.200. The molecule has 2 heteroatoms. The van der Waals surface area contributed by atoms with Crippen LogP contribution in [0.2, 0.25) is 0 Å². The van der Waals surface area contributed by atoms with E-state index >= 15 is 0 Å². The summed E-state index contributed by atoms with van der Waals surface area (Å²) in [6.45, 7) is 6.77. The topological polar surface area (TPSA) is 0 Å². The van der Waals surface area contributed by atoms with Crippen molar-refractivity contribution in [1.29, 1.82) is 0 Å². The molecule has 0 saturated heterocycles. The zero-order valence-corrected chi connectivity index (χ0v) is 14.6. The maximum absolute atomic E-state index is 2.30. The van der Waals surface area contributed by atoms with Gasteiger partial charge >= 0.3 is 0 Å². The molecule has 0 unspecified atom stereocenters. The highest BCUT2D eigenvalue weighted by atomic mass is 32.2. The van der Waals surface area contributed by atoms with Gasteiger partial charge in [0.1, 0.15) is 0 Å². The average molecular weight is 322 g/mol. The van der Waals surface area contributed by atoms with Gasteiger partial charge in [0, 0.05) is 25.5 Å². The Morgan fingerprint density at radius 1 is 0.727 bits per heavy atom. The molecule has 0 spiro atoms. The summed E-state index contributed by atoms with van der Waals surface area (Å²) in [5.74, 6) is 0.381. The summed E-state index contributed by atoms with van der Waals surface area (Å²) in [5.41, 5.74) is 5.82. The summed E-state index contributed by atoms with van der Waals surface area (Å²) in [6.07, 6.45) is 0. The third-order valence-corrected chi connectivity index (χ3v) is 7.22. The summed E-state index contributed by atoms with van der Waals surface area (Å²) >= 11 is 3.87. The van der Waals surface area contributed by atoms with Crippen molar-refractivity contribution < 1.29 is 0 Å². The summed E-state index contributed by atoms with van der Waals surface area (Å²) in [5, 5.41) is 0. The van der Waals surface area contributed by atoms with E-state index in [4.69, 9.17) is 0 Å². The normalized spacial score (nSPS) is 13.8. The Hall–Kier alpha value is -1.51. The lowest BCUT2D eigenvalue weighted by Crippen LogP contribution is -2.09. The molecular weight excluding hydrogens is 304 g/mol. The van der Waals surface area contributed by atoms with Gasteiger partial charge in [-0.05, 0) is 55.2 Å². The Bertz CT molecular complexity index is 812. The number of aryl methyl sites for hydroxylation is 1. The van der Waals surface area contributed by atoms with Crippen LogP contribution in [0.4, 0.5) is 0 Å². The highest BCUT2D eigenvalue weighted by Crippen LogP contribution is 2.50. The Morgan fingerprint density at radius 3 is 1.77 bits per heavy atom. The van der Waals surface area contributed by atoms with Gasteiger partial charge in [-0.15, -0.1) is 11.3 Å². The SMILES string of the molecule is Cc1sc(C2c3ccccc3Sc3ccccc32)c(C)c1C. The molecule has 4 rings (SSSR count). The maximum Gasteiger partial charge on any atom is 0.0459 e. The lowest BCUT2D eigenvalue weighted by Gasteiger charge is -2.28. The van der Waals surface area contributed by atoms with Gasteiger partial charge in [0.25, 0.3) is 0 Å². The smallest absolute Gasteiger partial charge is 0.0459 e. The minimum Gasteiger partial charge on any atom is -0.144 e. The minimum atomic E-state index is 0.381. The van der Waals surface area contributed by atoms with Gasteiger partial charge < -0.3 is 0 Å². The van der Waals surface area contributed by atoms with Crippen LogP contribution in [-0.4, -0.2) is 0 Å². The molecule has 0 N–H and O–H groups in total. The second-order valence-electron chi connectivity index (χ2n) is 5.88. The van der Waals surface area contributed by atoms with Gasteiger partial charge in [0.15, 0.2) is 0 Å². The highest BCUT2D eigenvalue weighted by molar-refractivity contribution is 7.99. The number of thiophene rings is 1. The second-order valence-corrected chi connectivity index (χ2v) is 8.22. The van der Waals surface area contributed by atoms with Gasteiger partial charge in [-0.2, -0.15) is 0 Å². The maximum atomic E-state index is 2.30. The Labute approximate surface area is 140 Å². The van der Waals surface area contributed by atoms with Gasteiger partial charge in [-0.3, -0.25) is 0 Å². The van der Waals surface area contributed by atoms with Crippen LogP contribution in [0.1, 0.15) is 37.9 Å². The Kier molecular flexibility index (Phi) is 3.39. The molecular formula is C20H18S2. The molecule has 110 valence electrons. The molecule has 0 radical (unpaired) electrons. The van der Waals surface area contributed by atoms with E-state index in [0.717, 1.165) is 0 Å². The predicted octanol–water partition coefficient (Wildman–Crippen LogP) is 6.32. The first-order valence-corrected chi connectivity index (χ1v) is 9.22. The number of fused-ring (bicyclic) bond motifs is 2. The van der Waals surface area contributed by atoms with Gasteiger partial charge in [0.2, 0.25) is 0 Å². The fourth-order valence-electron chi connectivity index (χ4n) is 3.23. The van der Waals surface area contributed by atoms with Crippen molar-refractivity contribution >= 4 is 23.1 Å². The van der Waals surface area contributed by atoms with E-state index in [9.17, 15) is 0 Å². The van der Waals surface area contributed by atoms with E-state index in [0.29, 0.717) is 5.92 Å². The predicted molar refractivity (Wildman–Crippen MR) is 96.5 cm³/mol. The van der Waals surface area contributed by atoms with Crippen molar-refractivity contribution in [3.63, 3.8) is 0 Å². The lowest BCUT2D eigenvalue weighted by atomic mass is 9.87. The van der Waals surface area contributed by atoms with E-state index in [1.807, 2.05) is 23.1 Å². The van der Waals surface area contributed by atoms with E-state index in [-0.39, 0.29) is 0 Å². The number of hydrogen-bond donors (Lipinski definition) is 0. The molecule has 22 heavy (non-hydrogen) atoms. The summed E-state index contributed by atoms with van der Waals surface area (Å²) < 4.78 is 0. The molecule has 2 heterocycles. The van der Waals surface area contributed by atoms with Crippen molar-refractivity contribution in [1.82, 2.24) is 0 Å². The third-order valence-electron chi connectivity index (χ3n) is 4.67. The molecule has 0 fully saturated rings. The van der Waals surface area contributed by atoms with Crippen molar-refractivity contribution in [2.24, 2.45) is 0 Å². The first-order valence-electron chi connectivity index (χ1n) is 7.59. The van der Waals surface area contributed by atoms with E-state index in [2.05, 4.69) is 69.3 Å². The second kappa shape index (κ2) is 5.29. The van der Waals surface area contributed by atoms with E-state index in [1.165, 1.54) is 41.8 Å². The highest BCUT2D eigenvalue weighted by Gasteiger charge is 2.29. The first kappa shape index (κ1) is 14.1. The standard InChI is InChI=1S/C20H18S2/c1-12-13(2)20(21-14(12)3)19-15-8-4-6-10-17(15)22-18-11-7-5-9-16(18)19/h4-11,19H,1-3H3. The summed E-state index contributed by atoms with van der Waals surface area (Å²) in [4.78, 5) is 5.75. The number of benzene rings is 2. The van der Waals surface area contributed by atoms with Gasteiger partial charge in [0.05, 0.1) is 0 Å².